The average Bonchev–Trinajstić information content (AvgIpc) is 2.69. The number of benzene rings is 2. The maximum Gasteiger partial charge on any atom is 0.165 e. The molecule has 29 heavy (non-hydrogen) atoms. The van der Waals surface area contributed by atoms with Gasteiger partial charge < -0.3 is 14.6 Å². The lowest BCUT2D eigenvalue weighted by Crippen LogP contribution is -2.28. The van der Waals surface area contributed by atoms with Crippen LogP contribution in [-0.4, -0.2) is 37.3 Å². The summed E-state index contributed by atoms with van der Waals surface area (Å²) in [4.78, 5) is 2.45. The monoisotopic (exact) mass is 417 g/mol. The van der Waals surface area contributed by atoms with Gasteiger partial charge in [-0.25, -0.2) is 0 Å². The highest BCUT2D eigenvalue weighted by Crippen LogP contribution is 2.36. The number of fused-ring (bicyclic) bond motifs is 2. The molecule has 0 bridgehead atoms. The van der Waals surface area contributed by atoms with Crippen molar-refractivity contribution < 1.29 is 14.6 Å². The summed E-state index contributed by atoms with van der Waals surface area (Å²) in [5.41, 5.74) is 6.35. The minimum absolute atomic E-state index is 0. The van der Waals surface area contributed by atoms with Crippen molar-refractivity contribution in [2.24, 2.45) is 0 Å². The van der Waals surface area contributed by atoms with Crippen LogP contribution >= 0.6 is 12.4 Å². The highest BCUT2D eigenvalue weighted by molar-refractivity contribution is 5.85. The van der Waals surface area contributed by atoms with E-state index in [1.54, 1.807) is 20.3 Å². The minimum Gasteiger partial charge on any atom is -0.508 e. The Morgan fingerprint density at radius 1 is 1.00 bits per heavy atom. The molecule has 0 spiro atoms. The first-order valence-electron chi connectivity index (χ1n) is 9.91. The molecular weight excluding hydrogens is 386 g/mol. The second-order valence-electron chi connectivity index (χ2n) is 7.66. The lowest BCUT2D eigenvalue weighted by molar-refractivity contribution is 0.285. The molecule has 0 unspecified atom stereocenters. The predicted molar refractivity (Wildman–Crippen MR) is 121 cm³/mol. The average molecular weight is 418 g/mol. The van der Waals surface area contributed by atoms with Crippen LogP contribution in [0.3, 0.4) is 0 Å². The lowest BCUT2D eigenvalue weighted by Gasteiger charge is -2.27. The smallest absolute Gasteiger partial charge is 0.165 e. The molecule has 5 heteroatoms. The Kier molecular flexibility index (Phi) is 8.42. The van der Waals surface area contributed by atoms with E-state index >= 15 is 0 Å². The summed E-state index contributed by atoms with van der Waals surface area (Å²) in [6.45, 7) is 6.94. The molecule has 1 aliphatic rings. The van der Waals surface area contributed by atoms with Crippen molar-refractivity contribution >= 4 is 12.4 Å². The largest absolute Gasteiger partial charge is 0.508 e. The molecule has 0 radical (unpaired) electrons. The van der Waals surface area contributed by atoms with Crippen LogP contribution < -0.4 is 9.47 Å². The number of ether oxygens (including phenoxy) is 2. The van der Waals surface area contributed by atoms with Crippen LogP contribution in [0.1, 0.15) is 36.1 Å². The Bertz CT molecular complexity index is 859. The van der Waals surface area contributed by atoms with Gasteiger partial charge in [-0.2, -0.15) is 0 Å². The van der Waals surface area contributed by atoms with E-state index < -0.39 is 0 Å². The first kappa shape index (κ1) is 23.1. The normalized spacial score (nSPS) is 14.1. The van der Waals surface area contributed by atoms with Crippen molar-refractivity contribution in [3.63, 3.8) is 0 Å². The molecule has 0 aromatic heterocycles. The summed E-state index contributed by atoms with van der Waals surface area (Å²) in [5, 5.41) is 9.96. The summed E-state index contributed by atoms with van der Waals surface area (Å²) in [6.07, 6.45) is 5.05. The third-order valence-electron chi connectivity index (χ3n) is 5.44. The Hall–Kier alpha value is -2.17. The molecule has 0 atom stereocenters. The lowest BCUT2D eigenvalue weighted by atomic mass is 9.93. The van der Waals surface area contributed by atoms with Crippen LogP contribution in [0.2, 0.25) is 0 Å². The van der Waals surface area contributed by atoms with Crippen LogP contribution in [0.4, 0.5) is 0 Å². The second-order valence-corrected chi connectivity index (χ2v) is 7.66. The number of halogens is 1. The fourth-order valence-electron chi connectivity index (χ4n) is 3.85. The van der Waals surface area contributed by atoms with E-state index in [1.807, 2.05) is 12.1 Å². The molecule has 2 aromatic rings. The topological polar surface area (TPSA) is 41.9 Å². The zero-order chi connectivity index (χ0) is 20.1. The number of hydrogen-bond donors (Lipinski definition) is 1. The van der Waals surface area contributed by atoms with E-state index in [0.717, 1.165) is 50.4 Å². The molecule has 3 rings (SSSR count). The summed E-state index contributed by atoms with van der Waals surface area (Å²) in [6, 6.07) is 9.93. The van der Waals surface area contributed by atoms with Gasteiger partial charge in [0.15, 0.2) is 11.5 Å². The number of hydrogen-bond acceptors (Lipinski definition) is 4. The molecule has 0 saturated heterocycles. The summed E-state index contributed by atoms with van der Waals surface area (Å²) in [5.74, 6) is 1.95. The maximum atomic E-state index is 9.96. The molecule has 1 aliphatic heterocycles. The van der Waals surface area contributed by atoms with Crippen LogP contribution in [0.25, 0.3) is 0 Å². The Labute approximate surface area is 180 Å². The van der Waals surface area contributed by atoms with Crippen molar-refractivity contribution in [3.05, 3.63) is 64.2 Å². The Morgan fingerprint density at radius 2 is 1.72 bits per heavy atom. The van der Waals surface area contributed by atoms with E-state index in [-0.39, 0.29) is 12.4 Å². The number of phenols is 1. The minimum atomic E-state index is 0. The molecule has 2 aromatic carbocycles. The van der Waals surface area contributed by atoms with Gasteiger partial charge in [-0.3, -0.25) is 4.90 Å². The van der Waals surface area contributed by atoms with Crippen LogP contribution in [-0.2, 0) is 25.8 Å². The molecular formula is C24H32ClNO3. The summed E-state index contributed by atoms with van der Waals surface area (Å²) in [7, 11) is 3.40. The van der Waals surface area contributed by atoms with Crippen molar-refractivity contribution in [3.8, 4) is 17.2 Å². The van der Waals surface area contributed by atoms with E-state index in [1.165, 1.54) is 27.8 Å². The van der Waals surface area contributed by atoms with E-state index in [0.29, 0.717) is 5.75 Å². The zero-order valence-corrected chi connectivity index (χ0v) is 18.6. The number of aryl methyl sites for hydroxylation is 2. The zero-order valence-electron chi connectivity index (χ0n) is 17.8. The van der Waals surface area contributed by atoms with E-state index in [9.17, 15) is 5.11 Å². The molecule has 0 fully saturated rings. The molecule has 0 amide bonds. The number of aromatic hydroxyl groups is 1. The highest BCUT2D eigenvalue weighted by atomic mass is 35.5. The SMILES string of the molecule is COc1ccc2c(c1OC)CN(CC=C(C)C)CCc1ccc(O)cc1CC2.Cl. The van der Waals surface area contributed by atoms with Gasteiger partial charge in [-0.05, 0) is 68.0 Å². The molecule has 0 aliphatic carbocycles. The number of rotatable bonds is 4. The number of phenolic OH excluding ortho intramolecular Hbond substituents is 1. The van der Waals surface area contributed by atoms with Crippen molar-refractivity contribution in [2.75, 3.05) is 27.3 Å². The fraction of sp³-hybridized carbons (Fsp3) is 0.417. The van der Waals surface area contributed by atoms with Gasteiger partial charge >= 0.3 is 0 Å². The van der Waals surface area contributed by atoms with Crippen LogP contribution in [0, 0.1) is 0 Å². The van der Waals surface area contributed by atoms with Gasteiger partial charge in [0.05, 0.1) is 14.2 Å². The summed E-state index contributed by atoms with van der Waals surface area (Å²) >= 11 is 0. The first-order valence-corrected chi connectivity index (χ1v) is 9.91. The molecule has 1 heterocycles. The van der Waals surface area contributed by atoms with Gasteiger partial charge in [0.25, 0.3) is 0 Å². The van der Waals surface area contributed by atoms with Gasteiger partial charge in [0, 0.05) is 25.2 Å². The Morgan fingerprint density at radius 3 is 2.41 bits per heavy atom. The van der Waals surface area contributed by atoms with Crippen molar-refractivity contribution in [2.45, 2.75) is 39.7 Å². The predicted octanol–water partition coefficient (Wildman–Crippen LogP) is 4.94. The van der Waals surface area contributed by atoms with Crippen molar-refractivity contribution in [1.29, 1.82) is 0 Å². The third kappa shape index (κ3) is 5.68. The van der Waals surface area contributed by atoms with E-state index in [4.69, 9.17) is 9.47 Å². The van der Waals surface area contributed by atoms with Gasteiger partial charge in [-0.1, -0.05) is 23.8 Å². The van der Waals surface area contributed by atoms with E-state index in [2.05, 4.69) is 37.0 Å². The number of methoxy groups -OCH3 is 2. The van der Waals surface area contributed by atoms with Crippen molar-refractivity contribution in [1.82, 2.24) is 4.90 Å². The van der Waals surface area contributed by atoms with Gasteiger partial charge in [-0.15, -0.1) is 12.4 Å². The van der Waals surface area contributed by atoms with Gasteiger partial charge in [0.2, 0.25) is 0 Å². The second kappa shape index (κ2) is 10.6. The molecule has 0 saturated carbocycles. The summed E-state index contributed by atoms with van der Waals surface area (Å²) < 4.78 is 11.3. The molecule has 4 nitrogen and oxygen atoms in total. The maximum absolute atomic E-state index is 9.96. The Balaban J connectivity index is 0.00000300. The quantitative estimate of drug-likeness (QED) is 0.715. The number of nitrogens with zero attached hydrogens (tertiary/aromatic N) is 1. The van der Waals surface area contributed by atoms with Crippen LogP contribution in [0.5, 0.6) is 17.2 Å². The van der Waals surface area contributed by atoms with Crippen LogP contribution in [0.15, 0.2) is 42.0 Å². The standard InChI is InChI=1S/C24H31NO3.ClH/c1-17(2)11-13-25-14-12-18-7-9-21(26)15-20(18)6-5-19-8-10-23(27-3)24(28-4)22(19)16-25;/h7-11,15,26H,5-6,12-14,16H2,1-4H3;1H. The molecule has 1 N–H and O–H groups in total. The highest BCUT2D eigenvalue weighted by Gasteiger charge is 2.20. The molecule has 158 valence electrons. The third-order valence-corrected chi connectivity index (χ3v) is 5.44. The fourth-order valence-corrected chi connectivity index (χ4v) is 3.85. The van der Waals surface area contributed by atoms with Gasteiger partial charge in [0.1, 0.15) is 5.75 Å². The first-order chi connectivity index (χ1) is 13.5. The number of allylic oxidation sites excluding steroid dienone is 1.